The molecule has 2 saturated heterocycles. The predicted molar refractivity (Wildman–Crippen MR) is 134 cm³/mol. The van der Waals surface area contributed by atoms with Gasteiger partial charge >= 0.3 is 5.97 Å². The second-order valence-corrected chi connectivity index (χ2v) is 13.4. The standard InChI is InChI=1S/C30H44O6/c1-6-19-13-34-26-18(5)36-25(10-21(19)26)35-15-29-12-22-17(4)7-8-23(22)28(14-31)11-20(29)9-24(16(2)3)30(28,29)27(32)33/h9,14,16-23,25-26H,6-8,10-13,15H2,1-5H3,(H,32,33)/t17-,18-,19+,20-,21-,22-,23-,25-,26-,28+,29?,30?/m1/s1. The summed E-state index contributed by atoms with van der Waals surface area (Å²) in [6.45, 7) is 11.9. The van der Waals surface area contributed by atoms with Crippen molar-refractivity contribution in [2.45, 2.75) is 91.6 Å². The SMILES string of the molecule is CC[C@H]1CO[C@H]2[C@@H]1C[C@H](OCC13C[C@@H]4[C@H](C)CC[C@H]4[C@@]4(C=O)C[C@H]1C=C(C(C)C)C34C(=O)O)O[C@@H]2C. The van der Waals surface area contributed by atoms with Gasteiger partial charge in [-0.1, -0.05) is 52.2 Å². The highest BCUT2D eigenvalue weighted by Crippen LogP contribution is 2.82. The van der Waals surface area contributed by atoms with Crippen LogP contribution in [0, 0.1) is 57.7 Å². The van der Waals surface area contributed by atoms with Crippen LogP contribution in [0.1, 0.15) is 73.1 Å². The minimum absolute atomic E-state index is 0.0412. The van der Waals surface area contributed by atoms with E-state index in [1.165, 1.54) is 0 Å². The molecule has 0 radical (unpaired) electrons. The third-order valence-corrected chi connectivity index (χ3v) is 12.0. The van der Waals surface area contributed by atoms with Crippen molar-refractivity contribution in [1.29, 1.82) is 0 Å². The second kappa shape index (κ2) is 8.38. The first-order valence-electron chi connectivity index (χ1n) is 14.5. The molecule has 0 aromatic heterocycles. The molecule has 6 nitrogen and oxygen atoms in total. The maximum Gasteiger partial charge on any atom is 0.315 e. The summed E-state index contributed by atoms with van der Waals surface area (Å²) in [6, 6.07) is 0. The van der Waals surface area contributed by atoms with Gasteiger partial charge in [-0.3, -0.25) is 4.79 Å². The summed E-state index contributed by atoms with van der Waals surface area (Å²) in [5, 5.41) is 11.1. The minimum atomic E-state index is -1.18. The lowest BCUT2D eigenvalue weighted by atomic mass is 9.43. The molecule has 6 heteroatoms. The van der Waals surface area contributed by atoms with Crippen LogP contribution in [0.3, 0.4) is 0 Å². The van der Waals surface area contributed by atoms with Crippen LogP contribution < -0.4 is 0 Å². The number of allylic oxidation sites excluding steroid dienone is 1. The summed E-state index contributed by atoms with van der Waals surface area (Å²) in [6.07, 6.45) is 8.44. The molecular weight excluding hydrogens is 456 g/mol. The van der Waals surface area contributed by atoms with Crippen molar-refractivity contribution in [1.82, 2.24) is 0 Å². The van der Waals surface area contributed by atoms with Gasteiger partial charge in [0.2, 0.25) is 0 Å². The number of aldehydes is 1. The first-order chi connectivity index (χ1) is 17.2. The topological polar surface area (TPSA) is 82.1 Å². The molecule has 6 rings (SSSR count). The molecule has 200 valence electrons. The number of carboxylic acid groups (broad SMARTS) is 1. The third kappa shape index (κ3) is 2.85. The van der Waals surface area contributed by atoms with E-state index >= 15 is 0 Å². The highest BCUT2D eigenvalue weighted by Gasteiger charge is 2.84. The Morgan fingerprint density at radius 3 is 2.69 bits per heavy atom. The van der Waals surface area contributed by atoms with Gasteiger partial charge in [0.1, 0.15) is 11.7 Å². The quantitative estimate of drug-likeness (QED) is 0.387. The molecule has 4 aliphatic carbocycles. The van der Waals surface area contributed by atoms with E-state index in [0.29, 0.717) is 36.7 Å². The van der Waals surface area contributed by atoms with Crippen molar-refractivity contribution in [3.63, 3.8) is 0 Å². The average molecular weight is 501 g/mol. The number of carboxylic acids is 1. The fraction of sp³-hybridized carbons (Fsp3) is 0.867. The van der Waals surface area contributed by atoms with E-state index in [9.17, 15) is 14.7 Å². The maximum atomic E-state index is 13.6. The van der Waals surface area contributed by atoms with Crippen molar-refractivity contribution in [3.8, 4) is 0 Å². The molecule has 2 unspecified atom stereocenters. The summed E-state index contributed by atoms with van der Waals surface area (Å²) >= 11 is 0. The molecule has 0 spiro atoms. The number of carbonyl (C=O) groups is 2. The molecule has 2 aliphatic heterocycles. The van der Waals surface area contributed by atoms with Gasteiger partial charge in [0.15, 0.2) is 6.29 Å². The fourth-order valence-corrected chi connectivity index (χ4v) is 10.6. The van der Waals surface area contributed by atoms with Gasteiger partial charge in [0, 0.05) is 11.8 Å². The molecule has 4 bridgehead atoms. The van der Waals surface area contributed by atoms with Crippen LogP contribution in [0.2, 0.25) is 0 Å². The number of fused-ring (bicyclic) bond motifs is 3. The van der Waals surface area contributed by atoms with Crippen LogP contribution >= 0.6 is 0 Å². The summed E-state index contributed by atoms with van der Waals surface area (Å²) in [7, 11) is 0. The van der Waals surface area contributed by atoms with Crippen LogP contribution in [-0.2, 0) is 23.8 Å². The van der Waals surface area contributed by atoms with Crippen molar-refractivity contribution in [2.24, 2.45) is 57.7 Å². The Balaban J connectivity index is 1.37. The zero-order valence-corrected chi connectivity index (χ0v) is 22.6. The molecule has 36 heavy (non-hydrogen) atoms. The first kappa shape index (κ1) is 25.1. The Kier molecular flexibility index (Phi) is 5.83. The molecule has 6 aliphatic rings. The second-order valence-electron chi connectivity index (χ2n) is 13.4. The minimum Gasteiger partial charge on any atom is -0.481 e. The van der Waals surface area contributed by atoms with Gasteiger partial charge in [-0.2, -0.15) is 0 Å². The van der Waals surface area contributed by atoms with Crippen molar-refractivity contribution < 1.29 is 28.9 Å². The zero-order chi connectivity index (χ0) is 25.6. The van der Waals surface area contributed by atoms with Crippen LogP contribution in [-0.4, -0.2) is 49.1 Å². The average Bonchev–Trinajstić information content (AvgIpc) is 3.55. The molecule has 3 saturated carbocycles. The fourth-order valence-electron chi connectivity index (χ4n) is 10.6. The lowest BCUT2D eigenvalue weighted by Crippen LogP contribution is -2.63. The third-order valence-electron chi connectivity index (χ3n) is 12.0. The monoisotopic (exact) mass is 500 g/mol. The number of rotatable bonds is 7. The Morgan fingerprint density at radius 2 is 2.03 bits per heavy atom. The van der Waals surface area contributed by atoms with Gasteiger partial charge in [-0.25, -0.2) is 0 Å². The van der Waals surface area contributed by atoms with Crippen molar-refractivity contribution >= 4 is 12.3 Å². The summed E-state index contributed by atoms with van der Waals surface area (Å²) in [5.41, 5.74) is -1.66. The van der Waals surface area contributed by atoms with E-state index in [4.69, 9.17) is 14.2 Å². The highest BCUT2D eigenvalue weighted by atomic mass is 16.7. The summed E-state index contributed by atoms with van der Waals surface area (Å²) in [4.78, 5) is 26.8. The van der Waals surface area contributed by atoms with Gasteiger partial charge in [0.25, 0.3) is 0 Å². The Hall–Kier alpha value is -1.24. The Morgan fingerprint density at radius 1 is 1.25 bits per heavy atom. The summed E-state index contributed by atoms with van der Waals surface area (Å²) in [5.74, 6) is 1.28. The molecule has 0 amide bonds. The van der Waals surface area contributed by atoms with Crippen LogP contribution in [0.25, 0.3) is 0 Å². The normalized spacial score (nSPS) is 52.8. The van der Waals surface area contributed by atoms with E-state index in [1.54, 1.807) is 0 Å². The van der Waals surface area contributed by atoms with E-state index < -0.39 is 22.2 Å². The largest absolute Gasteiger partial charge is 0.481 e. The summed E-state index contributed by atoms with van der Waals surface area (Å²) < 4.78 is 19.1. The first-order valence-corrected chi connectivity index (χ1v) is 14.5. The van der Waals surface area contributed by atoms with Crippen molar-refractivity contribution in [3.05, 3.63) is 11.6 Å². The van der Waals surface area contributed by atoms with Gasteiger partial charge in [0.05, 0.1) is 30.8 Å². The van der Waals surface area contributed by atoms with Crippen LogP contribution in [0.4, 0.5) is 0 Å². The van der Waals surface area contributed by atoms with E-state index in [1.807, 2.05) is 0 Å². The number of aliphatic carboxylic acids is 1. The molecule has 0 aromatic carbocycles. The van der Waals surface area contributed by atoms with Crippen LogP contribution in [0.15, 0.2) is 11.6 Å². The zero-order valence-electron chi connectivity index (χ0n) is 22.6. The number of hydrogen-bond acceptors (Lipinski definition) is 5. The lowest BCUT2D eigenvalue weighted by molar-refractivity contribution is -0.251. The highest BCUT2D eigenvalue weighted by molar-refractivity contribution is 5.90. The predicted octanol–water partition coefficient (Wildman–Crippen LogP) is 5.10. The lowest BCUT2D eigenvalue weighted by Gasteiger charge is -2.58. The van der Waals surface area contributed by atoms with E-state index in [-0.39, 0.29) is 36.3 Å². The maximum absolute atomic E-state index is 13.6. The molecule has 12 atom stereocenters. The van der Waals surface area contributed by atoms with E-state index in [2.05, 4.69) is 40.7 Å². The Labute approximate surface area is 215 Å². The number of carbonyl (C=O) groups excluding carboxylic acids is 1. The Bertz CT molecular complexity index is 959. The smallest absolute Gasteiger partial charge is 0.315 e. The molecule has 1 N–H and O–H groups in total. The van der Waals surface area contributed by atoms with Crippen LogP contribution in [0.5, 0.6) is 0 Å². The van der Waals surface area contributed by atoms with E-state index in [0.717, 1.165) is 50.6 Å². The number of ether oxygens (including phenoxy) is 3. The number of hydrogen-bond donors (Lipinski definition) is 1. The van der Waals surface area contributed by atoms with Gasteiger partial charge in [-0.15, -0.1) is 0 Å². The van der Waals surface area contributed by atoms with Crippen molar-refractivity contribution in [2.75, 3.05) is 13.2 Å². The van der Waals surface area contributed by atoms with Gasteiger partial charge in [-0.05, 0) is 67.6 Å². The van der Waals surface area contributed by atoms with Gasteiger partial charge < -0.3 is 24.1 Å². The molecule has 5 fully saturated rings. The molecule has 2 heterocycles. The molecule has 0 aromatic rings. The molecular formula is C30H44O6.